The number of rotatable bonds is 3. The van der Waals surface area contributed by atoms with Crippen molar-refractivity contribution in [2.24, 2.45) is 5.92 Å². The van der Waals surface area contributed by atoms with Gasteiger partial charge < -0.3 is 10.2 Å². The van der Waals surface area contributed by atoms with Crippen LogP contribution in [0.15, 0.2) is 30.6 Å². The largest absolute Gasteiger partial charge is 0.345 e. The standard InChI is InChI=1S/C13H14N6O2/c1-18-7-9(5-12(18)20)13(21)15-10-3-2-4-11(6-10)19-8-14-16-17-19/h2-4,6,8-9H,5,7H2,1H3,(H,15,21)/t9-/m1/s1. The van der Waals surface area contributed by atoms with Gasteiger partial charge in [-0.2, -0.15) is 0 Å². The average Bonchev–Trinajstić information content (AvgIpc) is 3.10. The number of amides is 2. The fraction of sp³-hybridized carbons (Fsp3) is 0.308. The molecule has 1 aromatic carbocycles. The number of tetrazole rings is 1. The lowest BCUT2D eigenvalue weighted by atomic mass is 10.1. The van der Waals surface area contributed by atoms with Gasteiger partial charge in [0.1, 0.15) is 6.33 Å². The van der Waals surface area contributed by atoms with Gasteiger partial charge in [-0.25, -0.2) is 4.68 Å². The quantitative estimate of drug-likeness (QED) is 0.862. The molecular weight excluding hydrogens is 272 g/mol. The molecule has 0 bridgehead atoms. The molecule has 1 aliphatic heterocycles. The van der Waals surface area contributed by atoms with Gasteiger partial charge in [0.25, 0.3) is 0 Å². The Balaban J connectivity index is 1.72. The molecule has 0 unspecified atom stereocenters. The van der Waals surface area contributed by atoms with Crippen molar-refractivity contribution in [3.8, 4) is 5.69 Å². The van der Waals surface area contributed by atoms with Gasteiger partial charge >= 0.3 is 0 Å². The van der Waals surface area contributed by atoms with E-state index in [-0.39, 0.29) is 24.2 Å². The van der Waals surface area contributed by atoms with E-state index in [1.54, 1.807) is 30.1 Å². The van der Waals surface area contributed by atoms with Gasteiger partial charge in [-0.3, -0.25) is 9.59 Å². The first-order chi connectivity index (χ1) is 10.1. The Bertz CT molecular complexity index is 669. The summed E-state index contributed by atoms with van der Waals surface area (Å²) in [5.74, 6) is -0.460. The number of anilines is 1. The highest BCUT2D eigenvalue weighted by atomic mass is 16.2. The summed E-state index contributed by atoms with van der Waals surface area (Å²) >= 11 is 0. The fourth-order valence-electron chi connectivity index (χ4n) is 2.29. The third-order valence-corrected chi connectivity index (χ3v) is 3.44. The van der Waals surface area contributed by atoms with Gasteiger partial charge in [0.15, 0.2) is 0 Å². The van der Waals surface area contributed by atoms with Crippen LogP contribution in [0.25, 0.3) is 5.69 Å². The Morgan fingerprint density at radius 2 is 2.29 bits per heavy atom. The molecule has 1 saturated heterocycles. The molecule has 0 saturated carbocycles. The van der Waals surface area contributed by atoms with Crippen molar-refractivity contribution >= 4 is 17.5 Å². The monoisotopic (exact) mass is 286 g/mol. The summed E-state index contributed by atoms with van der Waals surface area (Å²) in [4.78, 5) is 25.2. The number of carbonyl (C=O) groups is 2. The molecular formula is C13H14N6O2. The van der Waals surface area contributed by atoms with Gasteiger partial charge in [-0.05, 0) is 28.6 Å². The van der Waals surface area contributed by atoms with E-state index in [9.17, 15) is 9.59 Å². The van der Waals surface area contributed by atoms with E-state index in [0.29, 0.717) is 12.2 Å². The molecule has 108 valence electrons. The highest BCUT2D eigenvalue weighted by Crippen LogP contribution is 2.19. The molecule has 2 aromatic rings. The molecule has 1 aromatic heterocycles. The van der Waals surface area contributed by atoms with Crippen LogP contribution in [0.2, 0.25) is 0 Å². The molecule has 0 spiro atoms. The minimum Gasteiger partial charge on any atom is -0.345 e. The van der Waals surface area contributed by atoms with Crippen LogP contribution in [-0.2, 0) is 9.59 Å². The van der Waals surface area contributed by atoms with Gasteiger partial charge in [-0.15, -0.1) is 5.10 Å². The van der Waals surface area contributed by atoms with E-state index in [0.717, 1.165) is 5.69 Å². The van der Waals surface area contributed by atoms with E-state index in [1.807, 2.05) is 6.07 Å². The van der Waals surface area contributed by atoms with Crippen molar-refractivity contribution < 1.29 is 9.59 Å². The summed E-state index contributed by atoms with van der Waals surface area (Å²) in [6.07, 6.45) is 1.74. The summed E-state index contributed by atoms with van der Waals surface area (Å²) in [6.45, 7) is 0.456. The van der Waals surface area contributed by atoms with E-state index in [1.165, 1.54) is 11.0 Å². The van der Waals surface area contributed by atoms with Crippen LogP contribution >= 0.6 is 0 Å². The first kappa shape index (κ1) is 13.2. The predicted molar refractivity (Wildman–Crippen MR) is 73.5 cm³/mol. The number of benzene rings is 1. The molecule has 1 aliphatic rings. The fourth-order valence-corrected chi connectivity index (χ4v) is 2.29. The molecule has 1 N–H and O–H groups in total. The second-order valence-electron chi connectivity index (χ2n) is 4.97. The number of aromatic nitrogens is 4. The van der Waals surface area contributed by atoms with E-state index in [2.05, 4.69) is 20.8 Å². The Labute approximate surface area is 120 Å². The van der Waals surface area contributed by atoms with Gasteiger partial charge in [0.2, 0.25) is 11.8 Å². The third kappa shape index (κ3) is 2.73. The van der Waals surface area contributed by atoms with Crippen molar-refractivity contribution in [1.82, 2.24) is 25.1 Å². The minimum absolute atomic E-state index is 0.00223. The number of hydrogen-bond donors (Lipinski definition) is 1. The van der Waals surface area contributed by atoms with Crippen LogP contribution in [-0.4, -0.2) is 50.5 Å². The predicted octanol–water partition coefficient (Wildman–Crippen LogP) is 0.0791. The summed E-state index contributed by atoms with van der Waals surface area (Å²) in [7, 11) is 1.70. The lowest BCUT2D eigenvalue weighted by Gasteiger charge is -2.11. The Kier molecular flexibility index (Phi) is 3.35. The van der Waals surface area contributed by atoms with Crippen LogP contribution < -0.4 is 5.32 Å². The van der Waals surface area contributed by atoms with E-state index >= 15 is 0 Å². The Hall–Kier alpha value is -2.77. The lowest BCUT2D eigenvalue weighted by Crippen LogP contribution is -2.25. The average molecular weight is 286 g/mol. The number of likely N-dealkylation sites (tertiary alicyclic amines) is 1. The van der Waals surface area contributed by atoms with Crippen molar-refractivity contribution in [1.29, 1.82) is 0 Å². The molecule has 1 fully saturated rings. The van der Waals surface area contributed by atoms with Crippen molar-refractivity contribution in [3.63, 3.8) is 0 Å². The highest BCUT2D eigenvalue weighted by Gasteiger charge is 2.32. The highest BCUT2D eigenvalue weighted by molar-refractivity contribution is 5.97. The van der Waals surface area contributed by atoms with Crippen LogP contribution in [0.1, 0.15) is 6.42 Å². The topological polar surface area (TPSA) is 93.0 Å². The van der Waals surface area contributed by atoms with Crippen LogP contribution in [0.5, 0.6) is 0 Å². The maximum Gasteiger partial charge on any atom is 0.229 e. The van der Waals surface area contributed by atoms with Crippen LogP contribution in [0.4, 0.5) is 5.69 Å². The normalized spacial score (nSPS) is 18.0. The molecule has 2 heterocycles. The number of hydrogen-bond acceptors (Lipinski definition) is 5. The van der Waals surface area contributed by atoms with Crippen LogP contribution in [0.3, 0.4) is 0 Å². The van der Waals surface area contributed by atoms with Gasteiger partial charge in [-0.1, -0.05) is 6.07 Å². The van der Waals surface area contributed by atoms with Crippen LogP contribution in [0, 0.1) is 5.92 Å². The van der Waals surface area contributed by atoms with Gasteiger partial charge in [0, 0.05) is 25.7 Å². The molecule has 0 radical (unpaired) electrons. The zero-order valence-electron chi connectivity index (χ0n) is 11.4. The number of nitrogens with zero attached hydrogens (tertiary/aromatic N) is 5. The lowest BCUT2D eigenvalue weighted by molar-refractivity contribution is -0.127. The Morgan fingerprint density at radius 3 is 2.95 bits per heavy atom. The second-order valence-corrected chi connectivity index (χ2v) is 4.97. The third-order valence-electron chi connectivity index (χ3n) is 3.44. The van der Waals surface area contributed by atoms with E-state index < -0.39 is 0 Å². The van der Waals surface area contributed by atoms with Gasteiger partial charge in [0.05, 0.1) is 11.6 Å². The van der Waals surface area contributed by atoms with Crippen molar-refractivity contribution in [2.75, 3.05) is 18.9 Å². The zero-order chi connectivity index (χ0) is 14.8. The summed E-state index contributed by atoms with van der Waals surface area (Å²) in [5.41, 5.74) is 1.40. The van der Waals surface area contributed by atoms with Crippen molar-refractivity contribution in [3.05, 3.63) is 30.6 Å². The SMILES string of the molecule is CN1C[C@H](C(=O)Nc2cccc(-n3cnnn3)c2)CC1=O. The summed E-state index contributed by atoms with van der Waals surface area (Å²) < 4.78 is 1.50. The first-order valence-electron chi connectivity index (χ1n) is 6.52. The summed E-state index contributed by atoms with van der Waals surface area (Å²) in [5, 5.41) is 13.8. The number of nitrogens with one attached hydrogen (secondary N) is 1. The maximum absolute atomic E-state index is 12.2. The molecule has 0 aliphatic carbocycles. The maximum atomic E-state index is 12.2. The molecule has 3 rings (SSSR count). The number of carbonyl (C=O) groups excluding carboxylic acids is 2. The van der Waals surface area contributed by atoms with Crippen molar-refractivity contribution in [2.45, 2.75) is 6.42 Å². The zero-order valence-corrected chi connectivity index (χ0v) is 11.4. The smallest absolute Gasteiger partial charge is 0.229 e. The second kappa shape index (κ2) is 5.31. The molecule has 21 heavy (non-hydrogen) atoms. The van der Waals surface area contributed by atoms with E-state index in [4.69, 9.17) is 0 Å². The molecule has 8 heteroatoms. The molecule has 2 amide bonds. The first-order valence-corrected chi connectivity index (χ1v) is 6.52. The molecule has 1 atom stereocenters. The Morgan fingerprint density at radius 1 is 1.43 bits per heavy atom. The summed E-state index contributed by atoms with van der Waals surface area (Å²) in [6, 6.07) is 7.19. The molecule has 8 nitrogen and oxygen atoms in total. The minimum atomic E-state index is -0.306.